The SMILES string of the molecule is CCOc1cc(C(=O)N2CCC3(CC2)CC(=O)c2cc(C(=O)NCC(N)=O)ccc2O3)cc2c1ccn2C1CC1. The maximum Gasteiger partial charge on any atom is 0.254 e. The zero-order valence-corrected chi connectivity index (χ0v) is 22.4. The molecule has 3 amide bonds. The molecule has 1 saturated carbocycles. The van der Waals surface area contributed by atoms with Gasteiger partial charge in [0.2, 0.25) is 5.91 Å². The molecule has 1 aliphatic carbocycles. The van der Waals surface area contributed by atoms with Crippen LogP contribution >= 0.6 is 0 Å². The van der Waals surface area contributed by atoms with Crippen LogP contribution in [0.3, 0.4) is 0 Å². The fourth-order valence-electron chi connectivity index (χ4n) is 5.78. The lowest BCUT2D eigenvalue weighted by Gasteiger charge is -2.44. The second-order valence-electron chi connectivity index (χ2n) is 10.8. The van der Waals surface area contributed by atoms with E-state index in [1.54, 1.807) is 12.1 Å². The molecule has 10 nitrogen and oxygen atoms in total. The van der Waals surface area contributed by atoms with Crippen LogP contribution in [-0.2, 0) is 4.79 Å². The van der Waals surface area contributed by atoms with Gasteiger partial charge in [-0.15, -0.1) is 0 Å². The summed E-state index contributed by atoms with van der Waals surface area (Å²) in [4.78, 5) is 51.9. The van der Waals surface area contributed by atoms with E-state index in [0.29, 0.717) is 55.5 Å². The van der Waals surface area contributed by atoms with Gasteiger partial charge in [-0.25, -0.2) is 0 Å². The molecule has 3 aliphatic rings. The summed E-state index contributed by atoms with van der Waals surface area (Å²) in [5, 5.41) is 3.44. The summed E-state index contributed by atoms with van der Waals surface area (Å²) < 4.78 is 14.5. The van der Waals surface area contributed by atoms with Gasteiger partial charge in [0.05, 0.1) is 30.7 Å². The van der Waals surface area contributed by atoms with Crippen LogP contribution in [0.15, 0.2) is 42.6 Å². The van der Waals surface area contributed by atoms with Crippen molar-refractivity contribution < 1.29 is 28.7 Å². The summed E-state index contributed by atoms with van der Waals surface area (Å²) >= 11 is 0. The van der Waals surface area contributed by atoms with Crippen molar-refractivity contribution in [3.63, 3.8) is 0 Å². The Balaban J connectivity index is 1.17. The van der Waals surface area contributed by atoms with E-state index >= 15 is 0 Å². The van der Waals surface area contributed by atoms with Crippen LogP contribution in [0.4, 0.5) is 0 Å². The van der Waals surface area contributed by atoms with E-state index in [1.807, 2.05) is 24.0 Å². The minimum Gasteiger partial charge on any atom is -0.493 e. The van der Waals surface area contributed by atoms with Gasteiger partial charge in [-0.1, -0.05) is 0 Å². The molecule has 3 heterocycles. The van der Waals surface area contributed by atoms with Gasteiger partial charge in [-0.3, -0.25) is 19.2 Å². The fourth-order valence-corrected chi connectivity index (χ4v) is 5.78. The molecule has 1 aromatic heterocycles. The van der Waals surface area contributed by atoms with Crippen LogP contribution in [-0.4, -0.2) is 64.8 Å². The number of carbonyl (C=O) groups excluding carboxylic acids is 4. The number of aromatic nitrogens is 1. The Labute approximate surface area is 231 Å². The second kappa shape index (κ2) is 10.0. The van der Waals surface area contributed by atoms with E-state index in [2.05, 4.69) is 22.1 Å². The number of carbonyl (C=O) groups is 4. The van der Waals surface area contributed by atoms with E-state index in [4.69, 9.17) is 15.2 Å². The molecule has 40 heavy (non-hydrogen) atoms. The Hall–Kier alpha value is -4.34. The molecular weight excluding hydrogens is 512 g/mol. The topological polar surface area (TPSA) is 133 Å². The summed E-state index contributed by atoms with van der Waals surface area (Å²) in [5.41, 5.74) is 6.60. The molecule has 2 aromatic carbocycles. The van der Waals surface area contributed by atoms with Crippen molar-refractivity contribution in [2.75, 3.05) is 26.2 Å². The Bertz CT molecular complexity index is 1530. The maximum absolute atomic E-state index is 13.6. The van der Waals surface area contributed by atoms with Crippen LogP contribution in [0.1, 0.15) is 76.1 Å². The fraction of sp³-hybridized carbons (Fsp3) is 0.400. The number of likely N-dealkylation sites (tertiary alicyclic amines) is 1. The number of nitrogens with one attached hydrogen (secondary N) is 1. The van der Waals surface area contributed by atoms with Gasteiger partial charge in [0.1, 0.15) is 17.1 Å². The Kier molecular flexibility index (Phi) is 6.48. The van der Waals surface area contributed by atoms with Crippen LogP contribution in [0.25, 0.3) is 10.9 Å². The van der Waals surface area contributed by atoms with Crippen LogP contribution in [0.2, 0.25) is 0 Å². The summed E-state index contributed by atoms with van der Waals surface area (Å²) in [6, 6.07) is 11.0. The highest BCUT2D eigenvalue weighted by Gasteiger charge is 2.44. The number of ketones is 1. The predicted octanol–water partition coefficient (Wildman–Crippen LogP) is 3.23. The number of nitrogens with two attached hydrogens (primary N) is 1. The lowest BCUT2D eigenvalue weighted by molar-refractivity contribution is -0.117. The Morgan fingerprint density at radius 2 is 1.88 bits per heavy atom. The number of piperidine rings is 1. The first-order valence-electron chi connectivity index (χ1n) is 13.8. The molecule has 10 heteroatoms. The molecule has 0 atom stereocenters. The van der Waals surface area contributed by atoms with Gasteiger partial charge in [0.25, 0.3) is 11.8 Å². The zero-order valence-electron chi connectivity index (χ0n) is 22.4. The number of primary amides is 1. The third-order valence-corrected chi connectivity index (χ3v) is 8.02. The number of ether oxygens (including phenoxy) is 2. The minimum absolute atomic E-state index is 0.0598. The number of hydrogen-bond acceptors (Lipinski definition) is 6. The van der Waals surface area contributed by atoms with E-state index in [-0.39, 0.29) is 30.2 Å². The summed E-state index contributed by atoms with van der Waals surface area (Å²) in [6.07, 6.45) is 5.57. The molecule has 2 aliphatic heterocycles. The van der Waals surface area contributed by atoms with E-state index in [1.165, 1.54) is 6.07 Å². The van der Waals surface area contributed by atoms with Crippen molar-refractivity contribution in [1.29, 1.82) is 0 Å². The van der Waals surface area contributed by atoms with Crippen molar-refractivity contribution in [2.45, 2.75) is 50.7 Å². The summed E-state index contributed by atoms with van der Waals surface area (Å²) in [6.45, 7) is 3.08. The van der Waals surface area contributed by atoms with Crippen molar-refractivity contribution in [3.8, 4) is 11.5 Å². The van der Waals surface area contributed by atoms with Gasteiger partial charge in [0, 0.05) is 54.7 Å². The molecular formula is C30H32N4O6. The molecule has 3 aromatic rings. The van der Waals surface area contributed by atoms with E-state index < -0.39 is 17.4 Å². The largest absolute Gasteiger partial charge is 0.493 e. The lowest BCUT2D eigenvalue weighted by atomic mass is 9.82. The molecule has 1 saturated heterocycles. The average Bonchev–Trinajstić information content (AvgIpc) is 3.70. The molecule has 0 unspecified atom stereocenters. The second-order valence-corrected chi connectivity index (χ2v) is 10.8. The Morgan fingerprint density at radius 3 is 2.58 bits per heavy atom. The highest BCUT2D eigenvalue weighted by Crippen LogP contribution is 2.42. The molecule has 3 N–H and O–H groups in total. The van der Waals surface area contributed by atoms with Crippen LogP contribution in [0, 0.1) is 0 Å². The number of hydrogen-bond donors (Lipinski definition) is 2. The Morgan fingerprint density at radius 1 is 1.10 bits per heavy atom. The first-order chi connectivity index (χ1) is 19.3. The summed E-state index contributed by atoms with van der Waals surface area (Å²) in [7, 11) is 0. The van der Waals surface area contributed by atoms with Crippen LogP contribution < -0.4 is 20.5 Å². The highest BCUT2D eigenvalue weighted by atomic mass is 16.5. The molecule has 0 bridgehead atoms. The van der Waals surface area contributed by atoms with Crippen molar-refractivity contribution in [2.24, 2.45) is 5.73 Å². The first kappa shape index (κ1) is 25.9. The van der Waals surface area contributed by atoms with Gasteiger partial charge < -0.3 is 30.0 Å². The van der Waals surface area contributed by atoms with Crippen molar-refractivity contribution >= 4 is 34.4 Å². The van der Waals surface area contributed by atoms with Gasteiger partial charge in [-0.2, -0.15) is 0 Å². The van der Waals surface area contributed by atoms with Crippen molar-refractivity contribution in [3.05, 3.63) is 59.3 Å². The number of rotatable bonds is 7. The smallest absolute Gasteiger partial charge is 0.254 e. The number of benzene rings is 2. The van der Waals surface area contributed by atoms with Crippen LogP contribution in [0.5, 0.6) is 11.5 Å². The normalized spacial score (nSPS) is 17.8. The molecule has 6 rings (SSSR count). The third kappa shape index (κ3) is 4.78. The van der Waals surface area contributed by atoms with Gasteiger partial charge in [0.15, 0.2) is 5.78 Å². The standard InChI is InChI=1S/C30H32N4O6/c1-2-39-26-15-19(14-23-21(26)7-10-34(23)20-4-5-20)29(38)33-11-8-30(9-12-33)16-24(35)22-13-18(3-6-25(22)40-30)28(37)32-17-27(31)36/h3,6-7,10,13-15,20H,2,4-5,8-9,11-12,16-17H2,1H3,(H2,31,36)(H,32,37). The average molecular weight is 545 g/mol. The highest BCUT2D eigenvalue weighted by molar-refractivity contribution is 6.04. The number of Topliss-reactive ketones (excluding diaryl/α,β-unsaturated/α-hetero) is 1. The third-order valence-electron chi connectivity index (χ3n) is 8.02. The molecule has 208 valence electrons. The summed E-state index contributed by atoms with van der Waals surface area (Å²) in [5.74, 6) is -0.169. The van der Waals surface area contributed by atoms with Crippen molar-refractivity contribution in [1.82, 2.24) is 14.8 Å². The minimum atomic E-state index is -0.697. The van der Waals surface area contributed by atoms with Gasteiger partial charge in [-0.05, 0) is 56.2 Å². The van der Waals surface area contributed by atoms with E-state index in [0.717, 1.165) is 29.5 Å². The van der Waals surface area contributed by atoms with Gasteiger partial charge >= 0.3 is 0 Å². The molecule has 2 fully saturated rings. The quantitative estimate of drug-likeness (QED) is 0.469. The predicted molar refractivity (Wildman–Crippen MR) is 147 cm³/mol. The number of fused-ring (bicyclic) bond motifs is 2. The van der Waals surface area contributed by atoms with E-state index in [9.17, 15) is 19.2 Å². The first-order valence-corrected chi connectivity index (χ1v) is 13.8. The zero-order chi connectivity index (χ0) is 28.0. The number of amides is 3. The lowest BCUT2D eigenvalue weighted by Crippen LogP contribution is -2.52. The number of nitrogens with zero attached hydrogens (tertiary/aromatic N) is 2. The molecule has 1 spiro atoms. The molecule has 0 radical (unpaired) electrons. The maximum atomic E-state index is 13.6. The monoisotopic (exact) mass is 544 g/mol.